The molecule has 0 unspecified atom stereocenters. The molecule has 0 heterocycles. The van der Waals surface area contributed by atoms with Crippen LogP contribution in [0.25, 0.3) is 0 Å². The molecule has 1 aromatic carbocycles. The summed E-state index contributed by atoms with van der Waals surface area (Å²) in [5.74, 6) is 1.25. The smallest absolute Gasteiger partial charge is 0.139 e. The lowest BCUT2D eigenvalue weighted by atomic mass is 10.1. The molecule has 100 valence electrons. The number of hydrogen-bond acceptors (Lipinski definition) is 3. The Hall–Kier alpha value is -1.71. The Bertz CT molecular complexity index is 405. The number of amidine groups is 1. The zero-order valence-corrected chi connectivity index (χ0v) is 11.4. The third kappa shape index (κ3) is 4.28. The van der Waals surface area contributed by atoms with Crippen molar-refractivity contribution in [1.29, 1.82) is 0 Å². The van der Waals surface area contributed by atoms with Gasteiger partial charge in [-0.05, 0) is 44.7 Å². The standard InChI is InChI=1S/C14H22N2O2/c1-10-8-11(2)14(12(3)9-10)18-7-5-4-6-13(15)16-17/h8-9,17H,4-7H2,1-3H3,(H2,15,16). The largest absolute Gasteiger partial charge is 0.493 e. The number of benzene rings is 1. The third-order valence-electron chi connectivity index (χ3n) is 2.81. The molecule has 0 aliphatic heterocycles. The minimum absolute atomic E-state index is 0.276. The molecule has 4 nitrogen and oxygen atoms in total. The van der Waals surface area contributed by atoms with Crippen LogP contribution < -0.4 is 10.5 Å². The van der Waals surface area contributed by atoms with Gasteiger partial charge in [0.2, 0.25) is 0 Å². The maximum atomic E-state index is 8.40. The van der Waals surface area contributed by atoms with E-state index in [0.29, 0.717) is 13.0 Å². The third-order valence-corrected chi connectivity index (χ3v) is 2.81. The highest BCUT2D eigenvalue weighted by atomic mass is 16.5. The topological polar surface area (TPSA) is 67.8 Å². The minimum atomic E-state index is 0.276. The van der Waals surface area contributed by atoms with Crippen LogP contribution in [0, 0.1) is 20.8 Å². The Morgan fingerprint density at radius 3 is 2.39 bits per heavy atom. The van der Waals surface area contributed by atoms with E-state index in [1.807, 2.05) is 0 Å². The van der Waals surface area contributed by atoms with Crippen molar-refractivity contribution in [3.05, 3.63) is 28.8 Å². The van der Waals surface area contributed by atoms with E-state index in [1.165, 1.54) is 16.7 Å². The fourth-order valence-electron chi connectivity index (χ4n) is 2.03. The van der Waals surface area contributed by atoms with Crippen molar-refractivity contribution in [3.8, 4) is 5.75 Å². The maximum absolute atomic E-state index is 8.40. The summed E-state index contributed by atoms with van der Waals surface area (Å²) in [5, 5.41) is 11.3. The maximum Gasteiger partial charge on any atom is 0.139 e. The molecule has 0 atom stereocenters. The first-order valence-electron chi connectivity index (χ1n) is 6.21. The van der Waals surface area contributed by atoms with E-state index in [9.17, 15) is 0 Å². The first kappa shape index (κ1) is 14.4. The van der Waals surface area contributed by atoms with Gasteiger partial charge in [-0.1, -0.05) is 22.9 Å². The summed E-state index contributed by atoms with van der Waals surface area (Å²) in [6.45, 7) is 6.86. The zero-order chi connectivity index (χ0) is 13.5. The Kier molecular flexibility index (Phi) is 5.49. The van der Waals surface area contributed by atoms with E-state index in [-0.39, 0.29) is 5.84 Å². The van der Waals surface area contributed by atoms with Gasteiger partial charge in [-0.3, -0.25) is 0 Å². The molecular weight excluding hydrogens is 228 g/mol. The van der Waals surface area contributed by atoms with Gasteiger partial charge in [0, 0.05) is 6.42 Å². The normalized spacial score (nSPS) is 11.6. The lowest BCUT2D eigenvalue weighted by Gasteiger charge is -2.13. The van der Waals surface area contributed by atoms with Crippen LogP contribution in [0.3, 0.4) is 0 Å². The fourth-order valence-corrected chi connectivity index (χ4v) is 2.03. The van der Waals surface area contributed by atoms with E-state index < -0.39 is 0 Å². The lowest BCUT2D eigenvalue weighted by Crippen LogP contribution is -2.11. The highest BCUT2D eigenvalue weighted by molar-refractivity contribution is 5.79. The predicted molar refractivity (Wildman–Crippen MR) is 73.4 cm³/mol. The second-order valence-electron chi connectivity index (χ2n) is 4.62. The molecule has 1 aromatic rings. The van der Waals surface area contributed by atoms with Crippen molar-refractivity contribution < 1.29 is 9.94 Å². The summed E-state index contributed by atoms with van der Waals surface area (Å²) in [4.78, 5) is 0. The monoisotopic (exact) mass is 250 g/mol. The number of nitrogens with two attached hydrogens (primary N) is 1. The minimum Gasteiger partial charge on any atom is -0.493 e. The van der Waals surface area contributed by atoms with E-state index in [0.717, 1.165) is 18.6 Å². The molecule has 18 heavy (non-hydrogen) atoms. The van der Waals surface area contributed by atoms with Crippen molar-refractivity contribution in [2.75, 3.05) is 6.61 Å². The van der Waals surface area contributed by atoms with Gasteiger partial charge < -0.3 is 15.7 Å². The van der Waals surface area contributed by atoms with Crippen LogP contribution in [-0.2, 0) is 0 Å². The molecule has 0 bridgehead atoms. The molecule has 0 aliphatic rings. The highest BCUT2D eigenvalue weighted by Gasteiger charge is 2.04. The zero-order valence-electron chi connectivity index (χ0n) is 11.4. The molecule has 0 aliphatic carbocycles. The van der Waals surface area contributed by atoms with Gasteiger partial charge in [-0.15, -0.1) is 0 Å². The quantitative estimate of drug-likeness (QED) is 0.268. The van der Waals surface area contributed by atoms with Gasteiger partial charge >= 0.3 is 0 Å². The number of hydrogen-bond donors (Lipinski definition) is 2. The number of aryl methyl sites for hydroxylation is 3. The molecule has 0 amide bonds. The Morgan fingerprint density at radius 1 is 1.22 bits per heavy atom. The van der Waals surface area contributed by atoms with Crippen LogP contribution in [0.2, 0.25) is 0 Å². The average molecular weight is 250 g/mol. The molecule has 0 radical (unpaired) electrons. The molecule has 0 aromatic heterocycles. The van der Waals surface area contributed by atoms with E-state index in [2.05, 4.69) is 38.1 Å². The highest BCUT2D eigenvalue weighted by Crippen LogP contribution is 2.24. The SMILES string of the molecule is Cc1cc(C)c(OCCCC/C(N)=N/O)c(C)c1. The van der Waals surface area contributed by atoms with Crippen molar-refractivity contribution in [3.63, 3.8) is 0 Å². The summed E-state index contributed by atoms with van der Waals surface area (Å²) in [7, 11) is 0. The van der Waals surface area contributed by atoms with Gasteiger partial charge in [0.1, 0.15) is 11.6 Å². The molecule has 4 heteroatoms. The van der Waals surface area contributed by atoms with Crippen LogP contribution in [0.4, 0.5) is 0 Å². The second kappa shape index (κ2) is 6.89. The molecule has 0 saturated heterocycles. The number of nitrogens with zero attached hydrogens (tertiary/aromatic N) is 1. The van der Waals surface area contributed by atoms with Crippen LogP contribution in [-0.4, -0.2) is 17.6 Å². The first-order chi connectivity index (χ1) is 8.54. The summed E-state index contributed by atoms with van der Waals surface area (Å²) in [6, 6.07) is 4.25. The van der Waals surface area contributed by atoms with E-state index >= 15 is 0 Å². The molecule has 1 rings (SSSR count). The molecule has 0 spiro atoms. The van der Waals surface area contributed by atoms with Crippen molar-refractivity contribution >= 4 is 5.84 Å². The van der Waals surface area contributed by atoms with Crippen molar-refractivity contribution in [2.24, 2.45) is 10.9 Å². The Balaban J connectivity index is 2.40. The van der Waals surface area contributed by atoms with Crippen molar-refractivity contribution in [1.82, 2.24) is 0 Å². The van der Waals surface area contributed by atoms with Gasteiger partial charge in [0.25, 0.3) is 0 Å². The molecular formula is C14H22N2O2. The van der Waals surface area contributed by atoms with E-state index in [1.54, 1.807) is 0 Å². The summed E-state index contributed by atoms with van der Waals surface area (Å²) >= 11 is 0. The van der Waals surface area contributed by atoms with Gasteiger partial charge in [0.15, 0.2) is 0 Å². The Morgan fingerprint density at radius 2 is 1.83 bits per heavy atom. The second-order valence-corrected chi connectivity index (χ2v) is 4.62. The van der Waals surface area contributed by atoms with Crippen LogP contribution in [0.1, 0.15) is 36.0 Å². The number of rotatable bonds is 6. The lowest BCUT2D eigenvalue weighted by molar-refractivity contribution is 0.301. The van der Waals surface area contributed by atoms with Gasteiger partial charge in [-0.2, -0.15) is 0 Å². The number of ether oxygens (including phenoxy) is 1. The van der Waals surface area contributed by atoms with Gasteiger partial charge in [0.05, 0.1) is 6.61 Å². The molecule has 3 N–H and O–H groups in total. The average Bonchev–Trinajstić information content (AvgIpc) is 2.31. The summed E-state index contributed by atoms with van der Waals surface area (Å²) in [6.07, 6.45) is 2.36. The number of unbranched alkanes of at least 4 members (excludes halogenated alkanes) is 1. The van der Waals surface area contributed by atoms with Gasteiger partial charge in [-0.25, -0.2) is 0 Å². The molecule has 0 fully saturated rings. The Labute approximate surface area is 108 Å². The van der Waals surface area contributed by atoms with Crippen LogP contribution in [0.5, 0.6) is 5.75 Å². The first-order valence-corrected chi connectivity index (χ1v) is 6.21. The summed E-state index contributed by atoms with van der Waals surface area (Å²) < 4.78 is 5.79. The van der Waals surface area contributed by atoms with Crippen LogP contribution in [0.15, 0.2) is 17.3 Å². The molecule has 0 saturated carbocycles. The number of oxime groups is 1. The van der Waals surface area contributed by atoms with Crippen LogP contribution >= 0.6 is 0 Å². The van der Waals surface area contributed by atoms with E-state index in [4.69, 9.17) is 15.7 Å². The van der Waals surface area contributed by atoms with Crippen molar-refractivity contribution in [2.45, 2.75) is 40.0 Å². The predicted octanol–water partition coefficient (Wildman–Crippen LogP) is 2.91. The summed E-state index contributed by atoms with van der Waals surface area (Å²) in [5.41, 5.74) is 8.98. The fraction of sp³-hybridized carbons (Fsp3) is 0.500.